The number of carbonyl (C=O) groups is 1. The highest BCUT2D eigenvalue weighted by molar-refractivity contribution is 7.98. The molecule has 2 N–H and O–H groups in total. The van der Waals surface area contributed by atoms with Gasteiger partial charge in [-0.2, -0.15) is 0 Å². The zero-order chi connectivity index (χ0) is 21.3. The second-order valence-electron chi connectivity index (χ2n) is 6.80. The van der Waals surface area contributed by atoms with Gasteiger partial charge in [-0.1, -0.05) is 60.3 Å². The van der Waals surface area contributed by atoms with Gasteiger partial charge >= 0.3 is 0 Å². The quantitative estimate of drug-likeness (QED) is 0.406. The van der Waals surface area contributed by atoms with Crippen LogP contribution in [0.25, 0.3) is 0 Å². The smallest absolute Gasteiger partial charge is 0.254 e. The van der Waals surface area contributed by atoms with Crippen LogP contribution in [0.5, 0.6) is 5.75 Å². The Bertz CT molecular complexity index is 1050. The molecule has 7 heteroatoms. The first-order valence-electron chi connectivity index (χ1n) is 9.72. The maximum atomic E-state index is 12.5. The molecule has 0 aliphatic heterocycles. The van der Waals surface area contributed by atoms with Crippen LogP contribution in [0.4, 0.5) is 0 Å². The number of hydrogen-bond donors (Lipinski definition) is 2. The molecule has 0 aliphatic rings. The first kappa shape index (κ1) is 21.6. The van der Waals surface area contributed by atoms with Gasteiger partial charge in [0.1, 0.15) is 5.75 Å². The van der Waals surface area contributed by atoms with E-state index in [-0.39, 0.29) is 17.9 Å². The Balaban J connectivity index is 1.54. The lowest BCUT2D eigenvalue weighted by atomic mass is 10.1. The average Bonchev–Trinajstić information content (AvgIpc) is 2.76. The molecule has 0 saturated carbocycles. The van der Waals surface area contributed by atoms with Crippen molar-refractivity contribution in [3.05, 3.63) is 87.3 Å². The number of methoxy groups -OCH3 is 1. The van der Waals surface area contributed by atoms with Crippen LogP contribution >= 0.6 is 11.8 Å². The van der Waals surface area contributed by atoms with Crippen LogP contribution in [0.2, 0.25) is 0 Å². The van der Waals surface area contributed by atoms with Crippen LogP contribution in [0.15, 0.2) is 64.5 Å². The van der Waals surface area contributed by atoms with Crippen LogP contribution in [-0.2, 0) is 23.5 Å². The summed E-state index contributed by atoms with van der Waals surface area (Å²) < 4.78 is 5.29. The maximum Gasteiger partial charge on any atom is 0.254 e. The Hall–Kier alpha value is -3.06. The lowest BCUT2D eigenvalue weighted by Crippen LogP contribution is -2.25. The molecule has 3 rings (SSSR count). The fraction of sp³-hybridized carbons (Fsp3) is 0.261. The molecule has 6 nitrogen and oxygen atoms in total. The van der Waals surface area contributed by atoms with E-state index < -0.39 is 0 Å². The molecular weight excluding hydrogens is 398 g/mol. The molecule has 0 bridgehead atoms. The van der Waals surface area contributed by atoms with Gasteiger partial charge in [0, 0.05) is 35.5 Å². The number of rotatable bonds is 9. The van der Waals surface area contributed by atoms with Gasteiger partial charge in [0.15, 0.2) is 5.16 Å². The summed E-state index contributed by atoms with van der Waals surface area (Å²) in [6, 6.07) is 17.6. The summed E-state index contributed by atoms with van der Waals surface area (Å²) in [5.41, 5.74) is 3.09. The van der Waals surface area contributed by atoms with Crippen molar-refractivity contribution in [2.24, 2.45) is 0 Å². The number of ether oxygens (including phenoxy) is 1. The molecular formula is C23H25N3O3S. The van der Waals surface area contributed by atoms with Crippen molar-refractivity contribution < 1.29 is 9.53 Å². The van der Waals surface area contributed by atoms with Crippen molar-refractivity contribution in [3.8, 4) is 5.75 Å². The number of carbonyl (C=O) groups excluding carboxylic acids is 1. The highest BCUT2D eigenvalue weighted by Crippen LogP contribution is 2.19. The van der Waals surface area contributed by atoms with Gasteiger partial charge in [-0.15, -0.1) is 0 Å². The highest BCUT2D eigenvalue weighted by atomic mass is 32.2. The Morgan fingerprint density at radius 3 is 2.60 bits per heavy atom. The normalized spacial score (nSPS) is 10.6. The summed E-state index contributed by atoms with van der Waals surface area (Å²) in [4.78, 5) is 32.1. The van der Waals surface area contributed by atoms with Gasteiger partial charge in [0.05, 0.1) is 7.11 Å². The van der Waals surface area contributed by atoms with Crippen LogP contribution in [0.1, 0.15) is 28.8 Å². The monoisotopic (exact) mass is 423 g/mol. The first-order valence-corrected chi connectivity index (χ1v) is 10.7. The molecule has 0 saturated heterocycles. The molecule has 0 spiro atoms. The van der Waals surface area contributed by atoms with E-state index in [2.05, 4.69) is 15.3 Å². The average molecular weight is 424 g/mol. The molecule has 0 unspecified atom stereocenters. The zero-order valence-electron chi connectivity index (χ0n) is 17.1. The largest absolute Gasteiger partial charge is 0.496 e. The van der Waals surface area contributed by atoms with E-state index in [4.69, 9.17) is 4.74 Å². The predicted molar refractivity (Wildman–Crippen MR) is 119 cm³/mol. The standard InChI is InChI=1S/C23H25N3O3S/c1-16-19(12-13-21(27)24-14-18-10-6-7-11-20(18)29-2)22(28)26-23(25-16)30-15-17-8-4-3-5-9-17/h3-11H,12-15H2,1-2H3,(H,24,27)(H,25,26,28). The Labute approximate surface area is 180 Å². The number of thioether (sulfide) groups is 1. The van der Waals surface area contributed by atoms with Crippen molar-refractivity contribution >= 4 is 17.7 Å². The Morgan fingerprint density at radius 2 is 1.87 bits per heavy atom. The molecule has 1 amide bonds. The van der Waals surface area contributed by atoms with E-state index in [0.717, 1.165) is 17.1 Å². The SMILES string of the molecule is COc1ccccc1CNC(=O)CCc1c(C)nc(SCc2ccccc2)[nH]c1=O. The summed E-state index contributed by atoms with van der Waals surface area (Å²) in [7, 11) is 1.60. The molecule has 3 aromatic rings. The van der Waals surface area contributed by atoms with Crippen LogP contribution in [0.3, 0.4) is 0 Å². The summed E-state index contributed by atoms with van der Waals surface area (Å²) in [5.74, 6) is 1.34. The van der Waals surface area contributed by atoms with Gasteiger partial charge < -0.3 is 15.0 Å². The van der Waals surface area contributed by atoms with Gasteiger partial charge in [0.2, 0.25) is 5.91 Å². The lowest BCUT2D eigenvalue weighted by Gasteiger charge is -2.10. The van der Waals surface area contributed by atoms with E-state index in [1.165, 1.54) is 17.3 Å². The van der Waals surface area contributed by atoms with E-state index >= 15 is 0 Å². The van der Waals surface area contributed by atoms with Crippen molar-refractivity contribution in [2.75, 3.05) is 7.11 Å². The number of nitrogens with one attached hydrogen (secondary N) is 2. The molecule has 2 aromatic carbocycles. The highest BCUT2D eigenvalue weighted by Gasteiger charge is 2.12. The van der Waals surface area contributed by atoms with Crippen molar-refractivity contribution in [1.29, 1.82) is 0 Å². The number of aryl methyl sites for hydroxylation is 1. The summed E-state index contributed by atoms with van der Waals surface area (Å²) in [6.07, 6.45) is 0.562. The summed E-state index contributed by atoms with van der Waals surface area (Å²) in [6.45, 7) is 2.19. The molecule has 0 atom stereocenters. The maximum absolute atomic E-state index is 12.5. The van der Waals surface area contributed by atoms with Gasteiger partial charge in [-0.25, -0.2) is 4.98 Å². The molecule has 0 radical (unpaired) electrons. The van der Waals surface area contributed by atoms with Crippen LogP contribution in [-0.4, -0.2) is 23.0 Å². The fourth-order valence-electron chi connectivity index (χ4n) is 3.04. The van der Waals surface area contributed by atoms with Gasteiger partial charge in [-0.05, 0) is 25.0 Å². The number of nitrogens with zero attached hydrogens (tertiary/aromatic N) is 1. The number of H-pyrrole nitrogens is 1. The lowest BCUT2D eigenvalue weighted by molar-refractivity contribution is -0.121. The molecule has 0 aliphatic carbocycles. The van der Waals surface area contributed by atoms with Gasteiger partial charge in [0.25, 0.3) is 5.56 Å². The van der Waals surface area contributed by atoms with Crippen molar-refractivity contribution in [2.45, 2.75) is 37.2 Å². The Morgan fingerprint density at radius 1 is 1.13 bits per heavy atom. The number of amides is 1. The molecule has 156 valence electrons. The second kappa shape index (κ2) is 10.6. The number of aromatic nitrogens is 2. The summed E-state index contributed by atoms with van der Waals surface area (Å²) in [5, 5.41) is 3.47. The predicted octanol–water partition coefficient (Wildman–Crippen LogP) is 3.63. The van der Waals surface area contributed by atoms with E-state index in [0.29, 0.717) is 29.4 Å². The molecule has 0 fully saturated rings. The fourth-order valence-corrected chi connectivity index (χ4v) is 3.91. The topological polar surface area (TPSA) is 84.1 Å². The third kappa shape index (κ3) is 5.97. The second-order valence-corrected chi connectivity index (χ2v) is 7.76. The van der Waals surface area contributed by atoms with Crippen molar-refractivity contribution in [3.63, 3.8) is 0 Å². The number of hydrogen-bond acceptors (Lipinski definition) is 5. The number of benzene rings is 2. The molecule has 30 heavy (non-hydrogen) atoms. The minimum atomic E-state index is -0.185. The summed E-state index contributed by atoms with van der Waals surface area (Å²) >= 11 is 1.49. The van der Waals surface area contributed by atoms with Gasteiger partial charge in [-0.3, -0.25) is 9.59 Å². The third-order valence-corrected chi connectivity index (χ3v) is 5.63. The van der Waals surface area contributed by atoms with E-state index in [1.807, 2.05) is 61.5 Å². The van der Waals surface area contributed by atoms with Crippen LogP contribution in [0, 0.1) is 6.92 Å². The number of aromatic amines is 1. The zero-order valence-corrected chi connectivity index (χ0v) is 17.9. The molecule has 1 aromatic heterocycles. The van der Waals surface area contributed by atoms with E-state index in [9.17, 15) is 9.59 Å². The third-order valence-electron chi connectivity index (χ3n) is 4.69. The van der Waals surface area contributed by atoms with Crippen molar-refractivity contribution in [1.82, 2.24) is 15.3 Å². The Kier molecular flexibility index (Phi) is 7.68. The van der Waals surface area contributed by atoms with E-state index in [1.54, 1.807) is 7.11 Å². The minimum absolute atomic E-state index is 0.123. The molecule has 1 heterocycles. The first-order chi connectivity index (χ1) is 14.6. The minimum Gasteiger partial charge on any atom is -0.496 e. The number of para-hydroxylation sites is 1. The van der Waals surface area contributed by atoms with Crippen LogP contribution < -0.4 is 15.6 Å².